The molecule has 0 aliphatic heterocycles. The van der Waals surface area contributed by atoms with Gasteiger partial charge in [0.1, 0.15) is 0 Å². The van der Waals surface area contributed by atoms with Gasteiger partial charge in [-0.2, -0.15) is 0 Å². The van der Waals surface area contributed by atoms with E-state index < -0.39 is 0 Å². The lowest BCUT2D eigenvalue weighted by molar-refractivity contribution is -0.120. The zero-order valence-corrected chi connectivity index (χ0v) is 13.1. The molecule has 2 aromatic rings. The van der Waals surface area contributed by atoms with E-state index in [0.29, 0.717) is 0 Å². The zero-order chi connectivity index (χ0) is 15.9. The van der Waals surface area contributed by atoms with Gasteiger partial charge >= 0.3 is 0 Å². The number of oxime groups is 1. The Labute approximate surface area is 130 Å². The third kappa shape index (κ3) is 4.19. The summed E-state index contributed by atoms with van der Waals surface area (Å²) in [5.41, 5.74) is 4.96. The molecule has 0 radical (unpaired) electrons. The minimum absolute atomic E-state index is 0.115. The fraction of sp³-hybridized carbons (Fsp3) is 0.222. The van der Waals surface area contributed by atoms with E-state index in [9.17, 15) is 4.79 Å². The summed E-state index contributed by atoms with van der Waals surface area (Å²) < 4.78 is 0. The molecule has 4 nitrogen and oxygen atoms in total. The highest BCUT2D eigenvalue weighted by Gasteiger charge is 2.07. The number of hydrogen-bond acceptors (Lipinski definition) is 3. The van der Waals surface area contributed by atoms with Crippen molar-refractivity contribution in [1.29, 1.82) is 0 Å². The molecule has 114 valence electrons. The number of aryl methyl sites for hydroxylation is 3. The molecule has 0 aliphatic rings. The second-order valence-electron chi connectivity index (χ2n) is 5.18. The minimum atomic E-state index is -0.223. The van der Waals surface area contributed by atoms with Crippen LogP contribution in [0.3, 0.4) is 0 Å². The Morgan fingerprint density at radius 1 is 1.05 bits per heavy atom. The molecule has 4 heteroatoms. The predicted octanol–water partition coefficient (Wildman–Crippen LogP) is 3.60. The molecule has 0 spiro atoms. The Hall–Kier alpha value is -2.62. The maximum atomic E-state index is 11.9. The number of benzene rings is 2. The summed E-state index contributed by atoms with van der Waals surface area (Å²) in [5.74, 6) is -0.223. The Balaban J connectivity index is 1.87. The molecule has 2 aromatic carbocycles. The van der Waals surface area contributed by atoms with Crippen LogP contribution in [0.1, 0.15) is 22.3 Å². The fourth-order valence-corrected chi connectivity index (χ4v) is 2.11. The number of nitrogens with zero attached hydrogens (tertiary/aromatic N) is 1. The molecule has 1 amide bonds. The average Bonchev–Trinajstić information content (AvgIpc) is 2.49. The molecule has 0 heterocycles. The molecule has 0 aliphatic carbocycles. The molecule has 2 rings (SSSR count). The van der Waals surface area contributed by atoms with Crippen molar-refractivity contribution in [3.05, 3.63) is 64.7 Å². The molecular formula is C18H20N2O2. The Morgan fingerprint density at radius 2 is 1.68 bits per heavy atom. The van der Waals surface area contributed by atoms with Gasteiger partial charge in [0.2, 0.25) is 0 Å². The monoisotopic (exact) mass is 296 g/mol. The van der Waals surface area contributed by atoms with Crippen LogP contribution in [0.4, 0.5) is 5.69 Å². The van der Waals surface area contributed by atoms with Crippen LogP contribution in [0.5, 0.6) is 0 Å². The molecule has 1 N–H and O–H groups in total. The van der Waals surface area contributed by atoms with Crippen molar-refractivity contribution in [2.75, 3.05) is 11.9 Å². The standard InChI is InChI=1S/C18H20N2O2/c1-13-7-4-5-10-16(13)11-19-22-12-17(21)20-18-14(2)8-6-9-15(18)3/h4-11H,12H2,1-3H3,(H,20,21)/b19-11+. The van der Waals surface area contributed by atoms with Crippen LogP contribution in [-0.2, 0) is 9.63 Å². The van der Waals surface area contributed by atoms with Gasteiger partial charge in [-0.3, -0.25) is 4.79 Å². The summed E-state index contributed by atoms with van der Waals surface area (Å²) in [7, 11) is 0. The highest BCUT2D eigenvalue weighted by molar-refractivity contribution is 5.93. The summed E-state index contributed by atoms with van der Waals surface area (Å²) >= 11 is 0. The van der Waals surface area contributed by atoms with Crippen molar-refractivity contribution >= 4 is 17.8 Å². The minimum Gasteiger partial charge on any atom is -0.386 e. The molecule has 0 saturated carbocycles. The summed E-state index contributed by atoms with van der Waals surface area (Å²) in [4.78, 5) is 16.9. The highest BCUT2D eigenvalue weighted by atomic mass is 16.6. The van der Waals surface area contributed by atoms with Crippen LogP contribution in [0.25, 0.3) is 0 Å². The van der Waals surface area contributed by atoms with E-state index in [0.717, 1.165) is 27.9 Å². The highest BCUT2D eigenvalue weighted by Crippen LogP contribution is 2.19. The molecule has 0 saturated heterocycles. The summed E-state index contributed by atoms with van der Waals surface area (Å²) in [6.07, 6.45) is 1.61. The van der Waals surface area contributed by atoms with Crippen molar-refractivity contribution in [2.24, 2.45) is 5.16 Å². The van der Waals surface area contributed by atoms with Gasteiger partial charge in [0.05, 0.1) is 6.21 Å². The zero-order valence-electron chi connectivity index (χ0n) is 13.1. The van der Waals surface area contributed by atoms with E-state index >= 15 is 0 Å². The maximum Gasteiger partial charge on any atom is 0.265 e. The van der Waals surface area contributed by atoms with Gasteiger partial charge in [-0.25, -0.2) is 0 Å². The van der Waals surface area contributed by atoms with E-state index in [1.165, 1.54) is 0 Å². The number of para-hydroxylation sites is 1. The van der Waals surface area contributed by atoms with Crippen molar-refractivity contribution in [3.63, 3.8) is 0 Å². The van der Waals surface area contributed by atoms with Gasteiger partial charge in [-0.1, -0.05) is 47.6 Å². The van der Waals surface area contributed by atoms with Gasteiger partial charge in [-0.05, 0) is 43.0 Å². The summed E-state index contributed by atoms with van der Waals surface area (Å²) in [6, 6.07) is 13.7. The van der Waals surface area contributed by atoms with Crippen LogP contribution < -0.4 is 5.32 Å². The largest absolute Gasteiger partial charge is 0.386 e. The molecule has 0 fully saturated rings. The van der Waals surface area contributed by atoms with E-state index in [2.05, 4.69) is 10.5 Å². The first-order chi connectivity index (χ1) is 10.6. The van der Waals surface area contributed by atoms with Crippen LogP contribution in [0.15, 0.2) is 47.6 Å². The lowest BCUT2D eigenvalue weighted by Gasteiger charge is -2.10. The van der Waals surface area contributed by atoms with E-state index in [1.54, 1.807) is 6.21 Å². The van der Waals surface area contributed by atoms with Crippen molar-refractivity contribution in [2.45, 2.75) is 20.8 Å². The number of nitrogens with one attached hydrogen (secondary N) is 1. The topological polar surface area (TPSA) is 50.7 Å². The van der Waals surface area contributed by atoms with E-state index in [1.807, 2.05) is 63.2 Å². The Morgan fingerprint density at radius 3 is 2.36 bits per heavy atom. The fourth-order valence-electron chi connectivity index (χ4n) is 2.11. The van der Waals surface area contributed by atoms with Gasteiger partial charge in [0.25, 0.3) is 5.91 Å². The summed E-state index contributed by atoms with van der Waals surface area (Å²) in [5, 5.41) is 6.69. The number of carbonyl (C=O) groups excluding carboxylic acids is 1. The predicted molar refractivity (Wildman–Crippen MR) is 89.3 cm³/mol. The summed E-state index contributed by atoms with van der Waals surface area (Å²) in [6.45, 7) is 5.80. The average molecular weight is 296 g/mol. The van der Waals surface area contributed by atoms with E-state index in [4.69, 9.17) is 4.84 Å². The van der Waals surface area contributed by atoms with Crippen LogP contribution in [0, 0.1) is 20.8 Å². The first-order valence-corrected chi connectivity index (χ1v) is 7.15. The number of anilines is 1. The van der Waals surface area contributed by atoms with Crippen LogP contribution >= 0.6 is 0 Å². The van der Waals surface area contributed by atoms with Gasteiger partial charge in [0.15, 0.2) is 6.61 Å². The van der Waals surface area contributed by atoms with Crippen molar-refractivity contribution < 1.29 is 9.63 Å². The van der Waals surface area contributed by atoms with E-state index in [-0.39, 0.29) is 12.5 Å². The van der Waals surface area contributed by atoms with Crippen LogP contribution in [0.2, 0.25) is 0 Å². The molecular weight excluding hydrogens is 276 g/mol. The molecule has 0 aromatic heterocycles. The number of hydrogen-bond donors (Lipinski definition) is 1. The maximum absolute atomic E-state index is 11.9. The lowest BCUT2D eigenvalue weighted by Crippen LogP contribution is -2.18. The number of amides is 1. The first kappa shape index (κ1) is 15.8. The van der Waals surface area contributed by atoms with Crippen LogP contribution in [-0.4, -0.2) is 18.7 Å². The molecule has 0 atom stereocenters. The first-order valence-electron chi connectivity index (χ1n) is 7.15. The second kappa shape index (κ2) is 7.41. The lowest BCUT2D eigenvalue weighted by atomic mass is 10.1. The smallest absolute Gasteiger partial charge is 0.265 e. The number of rotatable bonds is 5. The SMILES string of the molecule is Cc1ccccc1/C=N/OCC(=O)Nc1c(C)cccc1C. The quantitative estimate of drug-likeness (QED) is 0.677. The Kier molecular flexibility index (Phi) is 5.31. The molecule has 0 bridgehead atoms. The van der Waals surface area contributed by atoms with Gasteiger partial charge in [0, 0.05) is 5.69 Å². The molecule has 22 heavy (non-hydrogen) atoms. The number of carbonyl (C=O) groups is 1. The molecule has 0 unspecified atom stereocenters. The normalized spacial score (nSPS) is 10.7. The van der Waals surface area contributed by atoms with Crippen molar-refractivity contribution in [1.82, 2.24) is 0 Å². The third-order valence-electron chi connectivity index (χ3n) is 3.40. The van der Waals surface area contributed by atoms with Gasteiger partial charge in [-0.15, -0.1) is 0 Å². The Bertz CT molecular complexity index is 673. The third-order valence-corrected chi connectivity index (χ3v) is 3.40. The van der Waals surface area contributed by atoms with Crippen molar-refractivity contribution in [3.8, 4) is 0 Å². The van der Waals surface area contributed by atoms with Gasteiger partial charge < -0.3 is 10.2 Å². The second-order valence-corrected chi connectivity index (χ2v) is 5.18.